The Bertz CT molecular complexity index is 301. The van der Waals surface area contributed by atoms with Crippen molar-refractivity contribution in [2.45, 2.75) is 33.1 Å². The predicted molar refractivity (Wildman–Crippen MR) is 62.4 cm³/mol. The molecule has 5 nitrogen and oxygen atoms in total. The summed E-state index contributed by atoms with van der Waals surface area (Å²) in [5.74, 6) is -0.688. The van der Waals surface area contributed by atoms with Crippen molar-refractivity contribution in [1.29, 1.82) is 0 Å². The molecule has 1 unspecified atom stereocenters. The van der Waals surface area contributed by atoms with E-state index in [4.69, 9.17) is 10.2 Å². The van der Waals surface area contributed by atoms with Crippen LogP contribution < -0.4 is 0 Å². The van der Waals surface area contributed by atoms with E-state index >= 15 is 0 Å². The highest BCUT2D eigenvalue weighted by Gasteiger charge is 2.34. The fraction of sp³-hybridized carbons (Fsp3) is 0.833. The van der Waals surface area contributed by atoms with Gasteiger partial charge >= 0.3 is 5.97 Å². The van der Waals surface area contributed by atoms with Gasteiger partial charge in [-0.2, -0.15) is 0 Å². The molecule has 1 fully saturated rings. The molecule has 1 amide bonds. The van der Waals surface area contributed by atoms with Crippen LogP contribution in [0.2, 0.25) is 0 Å². The number of aliphatic hydroxyl groups is 1. The number of rotatable bonds is 5. The number of carbonyl (C=O) groups is 2. The number of hydrogen-bond donors (Lipinski definition) is 2. The quantitative estimate of drug-likeness (QED) is 0.745. The fourth-order valence-electron chi connectivity index (χ4n) is 2.04. The number of carbonyl (C=O) groups excluding carboxylic acids is 1. The van der Waals surface area contributed by atoms with Crippen molar-refractivity contribution >= 4 is 11.9 Å². The van der Waals surface area contributed by atoms with Gasteiger partial charge in [-0.3, -0.25) is 9.59 Å². The number of carboxylic acids is 1. The molecule has 0 aromatic heterocycles. The summed E-state index contributed by atoms with van der Waals surface area (Å²) in [5, 5.41) is 17.8. The van der Waals surface area contributed by atoms with Crippen LogP contribution in [0, 0.1) is 11.3 Å². The Hall–Kier alpha value is -1.10. The summed E-state index contributed by atoms with van der Waals surface area (Å²) in [6.07, 6.45) is 1.65. The summed E-state index contributed by atoms with van der Waals surface area (Å²) in [7, 11) is 0. The van der Waals surface area contributed by atoms with Crippen LogP contribution in [0.15, 0.2) is 0 Å². The Morgan fingerprint density at radius 1 is 1.41 bits per heavy atom. The summed E-state index contributed by atoms with van der Waals surface area (Å²) < 4.78 is 0. The maximum absolute atomic E-state index is 11.9. The smallest absolute Gasteiger partial charge is 0.309 e. The largest absolute Gasteiger partial charge is 0.481 e. The van der Waals surface area contributed by atoms with Gasteiger partial charge in [0.2, 0.25) is 5.91 Å². The van der Waals surface area contributed by atoms with Crippen LogP contribution in [0.1, 0.15) is 33.1 Å². The van der Waals surface area contributed by atoms with E-state index in [1.54, 1.807) is 18.7 Å². The number of aliphatic carboxylic acids is 1. The van der Waals surface area contributed by atoms with Crippen LogP contribution in [-0.4, -0.2) is 46.7 Å². The Balaban J connectivity index is 2.47. The molecule has 1 aliphatic rings. The number of hydrogen-bond acceptors (Lipinski definition) is 3. The van der Waals surface area contributed by atoms with Crippen molar-refractivity contribution in [3.8, 4) is 0 Å². The maximum atomic E-state index is 11.9. The van der Waals surface area contributed by atoms with Crippen LogP contribution in [0.4, 0.5) is 0 Å². The second kappa shape index (κ2) is 5.49. The monoisotopic (exact) mass is 243 g/mol. The van der Waals surface area contributed by atoms with Gasteiger partial charge in [-0.15, -0.1) is 0 Å². The molecule has 0 bridgehead atoms. The van der Waals surface area contributed by atoms with Gasteiger partial charge in [-0.25, -0.2) is 0 Å². The van der Waals surface area contributed by atoms with Crippen molar-refractivity contribution < 1.29 is 19.8 Å². The number of carboxylic acid groups (broad SMARTS) is 1. The Morgan fingerprint density at radius 3 is 2.59 bits per heavy atom. The normalized spacial score (nSPS) is 20.6. The van der Waals surface area contributed by atoms with Crippen LogP contribution in [0.3, 0.4) is 0 Å². The summed E-state index contributed by atoms with van der Waals surface area (Å²) in [5.41, 5.74) is -1.01. The van der Waals surface area contributed by atoms with Gasteiger partial charge < -0.3 is 15.1 Å². The number of likely N-dealkylation sites (tertiary alicyclic amines) is 1. The van der Waals surface area contributed by atoms with Gasteiger partial charge in [0, 0.05) is 26.1 Å². The molecule has 1 aliphatic heterocycles. The third-order valence-corrected chi connectivity index (χ3v) is 3.35. The van der Waals surface area contributed by atoms with E-state index in [0.717, 1.165) is 6.42 Å². The lowest BCUT2D eigenvalue weighted by Crippen LogP contribution is -2.35. The summed E-state index contributed by atoms with van der Waals surface area (Å²) in [4.78, 5) is 24.6. The molecule has 5 heteroatoms. The third kappa shape index (κ3) is 3.70. The third-order valence-electron chi connectivity index (χ3n) is 3.35. The first-order valence-corrected chi connectivity index (χ1v) is 5.99. The molecule has 2 N–H and O–H groups in total. The molecule has 1 rings (SSSR count). The van der Waals surface area contributed by atoms with Gasteiger partial charge in [-0.1, -0.05) is 0 Å². The van der Waals surface area contributed by atoms with Crippen molar-refractivity contribution in [3.63, 3.8) is 0 Å². The minimum Gasteiger partial charge on any atom is -0.481 e. The minimum atomic E-state index is -1.01. The molecule has 17 heavy (non-hydrogen) atoms. The van der Waals surface area contributed by atoms with Gasteiger partial charge in [0.15, 0.2) is 0 Å². The zero-order valence-electron chi connectivity index (χ0n) is 10.5. The molecule has 1 saturated heterocycles. The highest BCUT2D eigenvalue weighted by atomic mass is 16.4. The van der Waals surface area contributed by atoms with Crippen molar-refractivity contribution in [1.82, 2.24) is 4.90 Å². The van der Waals surface area contributed by atoms with E-state index in [1.165, 1.54) is 0 Å². The number of nitrogens with zero attached hydrogens (tertiary/aromatic N) is 1. The molecule has 0 aromatic carbocycles. The molecular formula is C12H21NO4. The van der Waals surface area contributed by atoms with Gasteiger partial charge in [0.05, 0.1) is 5.41 Å². The van der Waals surface area contributed by atoms with Crippen molar-refractivity contribution in [2.75, 3.05) is 19.7 Å². The van der Waals surface area contributed by atoms with Gasteiger partial charge in [0.1, 0.15) is 0 Å². The van der Waals surface area contributed by atoms with E-state index in [-0.39, 0.29) is 18.9 Å². The van der Waals surface area contributed by atoms with E-state index in [1.807, 2.05) is 0 Å². The molecule has 0 saturated carbocycles. The van der Waals surface area contributed by atoms with Crippen LogP contribution in [0.25, 0.3) is 0 Å². The predicted octanol–water partition coefficient (Wildman–Crippen LogP) is 0.718. The van der Waals surface area contributed by atoms with E-state index in [9.17, 15) is 9.59 Å². The summed E-state index contributed by atoms with van der Waals surface area (Å²) >= 11 is 0. The topological polar surface area (TPSA) is 77.8 Å². The molecule has 0 spiro atoms. The highest BCUT2D eigenvalue weighted by molar-refractivity contribution is 5.84. The van der Waals surface area contributed by atoms with Gasteiger partial charge in [-0.05, 0) is 32.6 Å². The zero-order chi connectivity index (χ0) is 13.1. The Labute approximate surface area is 101 Å². The molecule has 0 aromatic rings. The summed E-state index contributed by atoms with van der Waals surface area (Å²) in [6.45, 7) is 4.60. The Kier molecular flexibility index (Phi) is 4.51. The zero-order valence-corrected chi connectivity index (χ0v) is 10.5. The standard InChI is InChI=1S/C12H21NO4/c1-12(2,11(16)17)7-10(15)13-5-3-9(8-13)4-6-14/h9,14H,3-8H2,1-2H3,(H,16,17). The second-order valence-corrected chi connectivity index (χ2v) is 5.37. The first kappa shape index (κ1) is 14.0. The molecule has 98 valence electrons. The van der Waals surface area contributed by atoms with E-state index in [0.29, 0.717) is 25.4 Å². The SMILES string of the molecule is CC(C)(CC(=O)N1CCC(CCO)C1)C(=O)O. The lowest BCUT2D eigenvalue weighted by Gasteiger charge is -2.23. The number of amides is 1. The molecular weight excluding hydrogens is 222 g/mol. The minimum absolute atomic E-state index is 0.0359. The lowest BCUT2D eigenvalue weighted by molar-refractivity contribution is -0.151. The second-order valence-electron chi connectivity index (χ2n) is 5.37. The lowest BCUT2D eigenvalue weighted by atomic mass is 9.89. The van der Waals surface area contributed by atoms with Crippen LogP contribution in [-0.2, 0) is 9.59 Å². The molecule has 0 radical (unpaired) electrons. The van der Waals surface area contributed by atoms with E-state index < -0.39 is 11.4 Å². The maximum Gasteiger partial charge on any atom is 0.309 e. The summed E-state index contributed by atoms with van der Waals surface area (Å²) in [6, 6.07) is 0. The average Bonchev–Trinajstić information content (AvgIpc) is 2.66. The van der Waals surface area contributed by atoms with Crippen molar-refractivity contribution in [3.05, 3.63) is 0 Å². The van der Waals surface area contributed by atoms with Crippen LogP contribution >= 0.6 is 0 Å². The first-order valence-electron chi connectivity index (χ1n) is 5.99. The highest BCUT2D eigenvalue weighted by Crippen LogP contribution is 2.25. The molecule has 1 atom stereocenters. The van der Waals surface area contributed by atoms with Crippen LogP contribution in [0.5, 0.6) is 0 Å². The first-order chi connectivity index (χ1) is 7.86. The Morgan fingerprint density at radius 2 is 2.06 bits per heavy atom. The molecule has 0 aliphatic carbocycles. The number of aliphatic hydroxyl groups excluding tert-OH is 1. The molecule has 1 heterocycles. The van der Waals surface area contributed by atoms with Crippen molar-refractivity contribution in [2.24, 2.45) is 11.3 Å². The fourth-order valence-corrected chi connectivity index (χ4v) is 2.04. The van der Waals surface area contributed by atoms with Gasteiger partial charge in [0.25, 0.3) is 0 Å². The van der Waals surface area contributed by atoms with E-state index in [2.05, 4.69) is 0 Å². The average molecular weight is 243 g/mol.